The number of carbonyl (C=O) groups excluding carboxylic acids is 3. The van der Waals surface area contributed by atoms with Crippen LogP contribution in [0.3, 0.4) is 0 Å². The predicted octanol–water partition coefficient (Wildman–Crippen LogP) is 1.82. The Labute approximate surface area is 140 Å². The first-order valence-electron chi connectivity index (χ1n) is 8.28. The van der Waals surface area contributed by atoms with E-state index in [1.807, 2.05) is 6.92 Å². The van der Waals surface area contributed by atoms with Gasteiger partial charge in [-0.3, -0.25) is 9.59 Å². The maximum Gasteiger partial charge on any atom is 0.339 e. The molecule has 0 aromatic rings. The summed E-state index contributed by atoms with van der Waals surface area (Å²) in [5, 5.41) is 11.2. The summed E-state index contributed by atoms with van der Waals surface area (Å²) in [6, 6.07) is 0. The molecule has 0 aromatic heterocycles. The molecular weight excluding hydrogens is 312 g/mol. The van der Waals surface area contributed by atoms with Gasteiger partial charge in [-0.05, 0) is 25.3 Å². The Kier molecular flexibility index (Phi) is 3.71. The van der Waals surface area contributed by atoms with Crippen molar-refractivity contribution in [3.63, 3.8) is 0 Å². The molecule has 3 rings (SSSR count). The van der Waals surface area contributed by atoms with E-state index in [-0.39, 0.29) is 30.3 Å². The van der Waals surface area contributed by atoms with E-state index in [0.29, 0.717) is 17.6 Å². The Morgan fingerprint density at radius 2 is 2.12 bits per heavy atom. The van der Waals surface area contributed by atoms with Gasteiger partial charge in [-0.1, -0.05) is 20.8 Å². The molecule has 4 unspecified atom stereocenters. The van der Waals surface area contributed by atoms with Crippen LogP contribution in [0.4, 0.5) is 0 Å². The van der Waals surface area contributed by atoms with Crippen molar-refractivity contribution in [3.8, 4) is 0 Å². The van der Waals surface area contributed by atoms with E-state index in [9.17, 15) is 19.5 Å². The second kappa shape index (κ2) is 5.28. The minimum absolute atomic E-state index is 0.0938. The van der Waals surface area contributed by atoms with Gasteiger partial charge in [-0.15, -0.1) is 0 Å². The number of hydrogen-bond acceptors (Lipinski definition) is 6. The molecule has 0 amide bonds. The van der Waals surface area contributed by atoms with Crippen LogP contribution in [0.5, 0.6) is 0 Å². The molecule has 0 saturated heterocycles. The van der Waals surface area contributed by atoms with E-state index >= 15 is 0 Å². The average molecular weight is 334 g/mol. The molecular formula is C18H22O6. The van der Waals surface area contributed by atoms with Crippen LogP contribution in [-0.2, 0) is 23.9 Å². The lowest BCUT2D eigenvalue weighted by molar-refractivity contribution is -0.188. The number of hydrogen-bond donors (Lipinski definition) is 1. The molecule has 1 N–H and O–H groups in total. The summed E-state index contributed by atoms with van der Waals surface area (Å²) in [5.41, 5.74) is -2.06. The quantitative estimate of drug-likeness (QED) is 0.775. The molecule has 1 heterocycles. The molecule has 2 aliphatic carbocycles. The molecule has 0 radical (unpaired) electrons. The Morgan fingerprint density at radius 3 is 2.75 bits per heavy atom. The lowest BCUT2D eigenvalue weighted by atomic mass is 9.52. The Morgan fingerprint density at radius 1 is 1.46 bits per heavy atom. The first kappa shape index (κ1) is 16.9. The van der Waals surface area contributed by atoms with Crippen molar-refractivity contribution in [1.82, 2.24) is 0 Å². The molecule has 130 valence electrons. The summed E-state index contributed by atoms with van der Waals surface area (Å²) < 4.78 is 10.9. The van der Waals surface area contributed by atoms with E-state index < -0.39 is 29.1 Å². The molecule has 24 heavy (non-hydrogen) atoms. The third kappa shape index (κ3) is 1.95. The summed E-state index contributed by atoms with van der Waals surface area (Å²) in [6.45, 7) is 6.95. The van der Waals surface area contributed by atoms with Gasteiger partial charge in [0, 0.05) is 24.0 Å². The van der Waals surface area contributed by atoms with Gasteiger partial charge < -0.3 is 14.6 Å². The molecule has 6 heteroatoms. The van der Waals surface area contributed by atoms with Crippen LogP contribution in [0.15, 0.2) is 23.0 Å². The zero-order valence-corrected chi connectivity index (χ0v) is 14.3. The number of carbonyl (C=O) groups is 3. The molecule has 0 aromatic carbocycles. The van der Waals surface area contributed by atoms with Gasteiger partial charge in [0.15, 0.2) is 11.4 Å². The van der Waals surface area contributed by atoms with E-state index in [0.717, 1.165) is 0 Å². The summed E-state index contributed by atoms with van der Waals surface area (Å²) in [4.78, 5) is 36.6. The van der Waals surface area contributed by atoms with Crippen LogP contribution in [-0.4, -0.2) is 34.5 Å². The van der Waals surface area contributed by atoms with Gasteiger partial charge in [0.05, 0.1) is 5.41 Å². The highest BCUT2D eigenvalue weighted by molar-refractivity contribution is 5.97. The number of fused-ring (bicyclic) bond motifs is 2. The maximum absolute atomic E-state index is 12.6. The van der Waals surface area contributed by atoms with Crippen molar-refractivity contribution in [2.24, 2.45) is 11.3 Å². The van der Waals surface area contributed by atoms with E-state index in [1.165, 1.54) is 6.08 Å². The van der Waals surface area contributed by atoms with Crippen LogP contribution >= 0.6 is 0 Å². The third-order valence-electron chi connectivity index (χ3n) is 5.94. The van der Waals surface area contributed by atoms with E-state index in [2.05, 4.69) is 0 Å². The fourth-order valence-electron chi connectivity index (χ4n) is 4.05. The summed E-state index contributed by atoms with van der Waals surface area (Å²) in [5.74, 6) is -1.29. The average Bonchev–Trinajstić information content (AvgIpc) is 2.81. The van der Waals surface area contributed by atoms with E-state index in [1.54, 1.807) is 20.8 Å². The Hall–Kier alpha value is -1.95. The number of ketones is 1. The molecule has 1 aliphatic heterocycles. The largest absolute Gasteiger partial charge is 0.457 e. The Bertz CT molecular complexity index is 702. The van der Waals surface area contributed by atoms with Crippen molar-refractivity contribution < 1.29 is 29.0 Å². The van der Waals surface area contributed by atoms with Crippen LogP contribution in [0.2, 0.25) is 0 Å². The fraction of sp³-hybridized carbons (Fsp3) is 0.611. The smallest absolute Gasteiger partial charge is 0.339 e. The molecule has 1 fully saturated rings. The van der Waals surface area contributed by atoms with Crippen LogP contribution < -0.4 is 0 Å². The van der Waals surface area contributed by atoms with Crippen molar-refractivity contribution in [2.45, 2.75) is 58.7 Å². The van der Waals surface area contributed by atoms with Gasteiger partial charge in [0.1, 0.15) is 11.9 Å². The van der Waals surface area contributed by atoms with Gasteiger partial charge in [0.2, 0.25) is 0 Å². The predicted molar refractivity (Wildman–Crippen MR) is 83.5 cm³/mol. The highest BCUT2D eigenvalue weighted by Crippen LogP contribution is 2.57. The molecule has 1 saturated carbocycles. The fourth-order valence-corrected chi connectivity index (χ4v) is 4.05. The number of Topliss-reactive ketones (excluding diaryl/α,β-unsaturated/α-hetero) is 1. The van der Waals surface area contributed by atoms with Crippen molar-refractivity contribution in [1.29, 1.82) is 0 Å². The highest BCUT2D eigenvalue weighted by atomic mass is 16.6. The van der Waals surface area contributed by atoms with E-state index in [4.69, 9.17) is 9.47 Å². The first-order chi connectivity index (χ1) is 11.2. The second-order valence-electron chi connectivity index (χ2n) is 7.07. The maximum atomic E-state index is 12.6. The second-order valence-corrected chi connectivity index (χ2v) is 7.07. The number of rotatable bonds is 2. The lowest BCUT2D eigenvalue weighted by Gasteiger charge is -2.55. The van der Waals surface area contributed by atoms with Crippen LogP contribution in [0, 0.1) is 11.3 Å². The summed E-state index contributed by atoms with van der Waals surface area (Å²) in [7, 11) is 0. The molecule has 4 atom stereocenters. The van der Waals surface area contributed by atoms with Crippen molar-refractivity contribution in [3.05, 3.63) is 23.0 Å². The normalized spacial score (nSPS) is 38.3. The number of aliphatic hydroxyl groups is 1. The van der Waals surface area contributed by atoms with Gasteiger partial charge in [-0.25, -0.2) is 4.79 Å². The van der Waals surface area contributed by atoms with Crippen molar-refractivity contribution in [2.75, 3.05) is 0 Å². The highest BCUT2D eigenvalue weighted by Gasteiger charge is 2.66. The molecule has 6 nitrogen and oxygen atoms in total. The monoisotopic (exact) mass is 334 g/mol. The van der Waals surface area contributed by atoms with Gasteiger partial charge in [0.25, 0.3) is 0 Å². The number of esters is 2. The minimum atomic E-state index is -1.83. The van der Waals surface area contributed by atoms with Gasteiger partial charge >= 0.3 is 11.9 Å². The van der Waals surface area contributed by atoms with Gasteiger partial charge in [-0.2, -0.15) is 0 Å². The van der Waals surface area contributed by atoms with Crippen LogP contribution in [0.25, 0.3) is 0 Å². The van der Waals surface area contributed by atoms with Crippen LogP contribution in [0.1, 0.15) is 47.0 Å². The SMILES string of the molecule is CCC(=O)OC1C2=C(C)C(=O)OC2=CC2(O)C(=O)CCC(C)C12C. The molecule has 0 spiro atoms. The number of ether oxygens (including phenoxy) is 2. The third-order valence-corrected chi connectivity index (χ3v) is 5.94. The Balaban J connectivity index is 2.25. The molecule has 0 bridgehead atoms. The first-order valence-corrected chi connectivity index (χ1v) is 8.28. The minimum Gasteiger partial charge on any atom is -0.457 e. The standard InChI is InChI=1S/C18H22O6/c1-5-13(20)24-15-14-10(3)16(21)23-11(14)8-18(22)12(19)7-6-9(2)17(15,18)4/h8-9,15,22H,5-7H2,1-4H3. The topological polar surface area (TPSA) is 89.9 Å². The molecule has 3 aliphatic rings. The lowest BCUT2D eigenvalue weighted by Crippen LogP contribution is -2.65. The zero-order valence-electron chi connectivity index (χ0n) is 14.3. The summed E-state index contributed by atoms with van der Waals surface area (Å²) >= 11 is 0. The summed E-state index contributed by atoms with van der Waals surface area (Å²) in [6.07, 6.45) is 1.42. The zero-order chi connectivity index (χ0) is 17.9. The van der Waals surface area contributed by atoms with Crippen molar-refractivity contribution >= 4 is 17.7 Å².